The SMILES string of the molecule is CC(C)(C)OC(=O)NCC1CCC(C(=O)N(C(=O)[C@@H](N)Cc2ccc(-c3cccnc3C(F)(F)F)cc2)c2ccc(-c3nn[nH]n3)cc2)CC1.O=CO. The quantitative estimate of drug-likeness (QED) is 0.160. The Morgan fingerprint density at radius 2 is 1.64 bits per heavy atom. The summed E-state index contributed by atoms with van der Waals surface area (Å²) in [6.45, 7) is 5.53. The van der Waals surface area contributed by atoms with Gasteiger partial charge in [0.2, 0.25) is 11.7 Å². The Bertz CT molecular complexity index is 1820. The van der Waals surface area contributed by atoms with Crippen LogP contribution in [0.15, 0.2) is 66.9 Å². The van der Waals surface area contributed by atoms with Crippen LogP contribution in [0.1, 0.15) is 57.7 Å². The van der Waals surface area contributed by atoms with Gasteiger partial charge in [-0.1, -0.05) is 30.3 Å². The molecule has 282 valence electrons. The highest BCUT2D eigenvalue weighted by Crippen LogP contribution is 2.36. The minimum absolute atomic E-state index is 0.0338. The number of carbonyl (C=O) groups is 4. The number of aromatic nitrogens is 5. The van der Waals surface area contributed by atoms with E-state index in [4.69, 9.17) is 20.4 Å². The molecule has 0 saturated heterocycles. The average molecular weight is 739 g/mol. The minimum Gasteiger partial charge on any atom is -0.483 e. The van der Waals surface area contributed by atoms with Gasteiger partial charge in [-0.25, -0.2) is 9.69 Å². The maximum absolute atomic E-state index is 14.1. The summed E-state index contributed by atoms with van der Waals surface area (Å²) in [6, 6.07) is 14.5. The van der Waals surface area contributed by atoms with Crippen LogP contribution in [-0.4, -0.2) is 73.3 Å². The lowest BCUT2D eigenvalue weighted by atomic mass is 9.81. The maximum Gasteiger partial charge on any atom is 0.433 e. The van der Waals surface area contributed by atoms with Crippen LogP contribution >= 0.6 is 0 Å². The monoisotopic (exact) mass is 738 g/mol. The Morgan fingerprint density at radius 1 is 1.02 bits per heavy atom. The molecule has 1 aliphatic rings. The summed E-state index contributed by atoms with van der Waals surface area (Å²) in [5.41, 5.74) is 6.62. The second-order valence-electron chi connectivity index (χ2n) is 13.4. The number of alkyl halides is 3. The van der Waals surface area contributed by atoms with Crippen LogP contribution < -0.4 is 16.0 Å². The number of anilines is 1. The Kier molecular flexibility index (Phi) is 13.4. The van der Waals surface area contributed by atoms with Gasteiger partial charge in [0.15, 0.2) is 5.69 Å². The largest absolute Gasteiger partial charge is 0.483 e. The highest BCUT2D eigenvalue weighted by Gasteiger charge is 2.37. The molecule has 1 fully saturated rings. The smallest absolute Gasteiger partial charge is 0.433 e. The molecule has 0 spiro atoms. The average Bonchev–Trinajstić information content (AvgIpc) is 3.66. The van der Waals surface area contributed by atoms with Crippen LogP contribution in [0.2, 0.25) is 0 Å². The van der Waals surface area contributed by atoms with Crippen molar-refractivity contribution in [3.63, 3.8) is 0 Å². The van der Waals surface area contributed by atoms with E-state index in [0.29, 0.717) is 60.4 Å². The van der Waals surface area contributed by atoms with Crippen LogP contribution in [0, 0.1) is 11.8 Å². The third kappa shape index (κ3) is 11.1. The van der Waals surface area contributed by atoms with Crippen molar-refractivity contribution in [1.82, 2.24) is 30.9 Å². The molecule has 0 radical (unpaired) electrons. The molecule has 17 heteroatoms. The van der Waals surface area contributed by atoms with Crippen LogP contribution in [0.5, 0.6) is 0 Å². The van der Waals surface area contributed by atoms with E-state index in [1.807, 2.05) is 0 Å². The van der Waals surface area contributed by atoms with E-state index in [2.05, 4.69) is 30.9 Å². The van der Waals surface area contributed by atoms with Crippen molar-refractivity contribution >= 4 is 30.1 Å². The van der Waals surface area contributed by atoms with Gasteiger partial charge < -0.3 is 20.9 Å². The fourth-order valence-corrected chi connectivity index (χ4v) is 5.94. The van der Waals surface area contributed by atoms with Gasteiger partial charge in [-0.3, -0.25) is 19.4 Å². The first-order valence-electron chi connectivity index (χ1n) is 16.7. The summed E-state index contributed by atoms with van der Waals surface area (Å²) in [7, 11) is 0. The van der Waals surface area contributed by atoms with Crippen LogP contribution in [0.25, 0.3) is 22.5 Å². The van der Waals surface area contributed by atoms with Crippen LogP contribution in [-0.2, 0) is 31.7 Å². The van der Waals surface area contributed by atoms with Gasteiger partial charge in [-0.05, 0) is 105 Å². The van der Waals surface area contributed by atoms with E-state index in [9.17, 15) is 27.6 Å². The predicted octanol–water partition coefficient (Wildman–Crippen LogP) is 5.41. The number of hydrogen-bond acceptors (Lipinski definition) is 10. The number of tetrazole rings is 1. The van der Waals surface area contributed by atoms with Crippen molar-refractivity contribution in [2.75, 3.05) is 11.4 Å². The van der Waals surface area contributed by atoms with E-state index >= 15 is 0 Å². The number of imide groups is 1. The molecule has 1 atom stereocenters. The number of benzene rings is 2. The van der Waals surface area contributed by atoms with Gasteiger partial charge in [0.05, 0.1) is 11.7 Å². The van der Waals surface area contributed by atoms with Crippen molar-refractivity contribution in [3.05, 3.63) is 78.1 Å². The number of amides is 3. The summed E-state index contributed by atoms with van der Waals surface area (Å²) in [5.74, 6) is -0.973. The molecular formula is C36H41F3N8O6. The molecule has 5 rings (SSSR count). The van der Waals surface area contributed by atoms with Crippen LogP contribution in [0.3, 0.4) is 0 Å². The zero-order chi connectivity index (χ0) is 38.8. The normalized spacial score (nSPS) is 16.4. The Morgan fingerprint density at radius 3 is 2.21 bits per heavy atom. The third-order valence-electron chi connectivity index (χ3n) is 8.41. The van der Waals surface area contributed by atoms with Gasteiger partial charge in [0.1, 0.15) is 5.60 Å². The lowest BCUT2D eigenvalue weighted by molar-refractivity contribution is -0.140. The number of pyridine rings is 1. The number of ether oxygens (including phenoxy) is 1. The number of nitrogens with zero attached hydrogens (tertiary/aromatic N) is 5. The molecule has 14 nitrogen and oxygen atoms in total. The summed E-state index contributed by atoms with van der Waals surface area (Å²) < 4.78 is 45.9. The summed E-state index contributed by atoms with van der Waals surface area (Å²) in [4.78, 5) is 53.2. The number of nitrogens with two attached hydrogens (primary N) is 1. The molecule has 2 aromatic carbocycles. The lowest BCUT2D eigenvalue weighted by Crippen LogP contribution is -2.50. The van der Waals surface area contributed by atoms with Gasteiger partial charge >= 0.3 is 12.3 Å². The molecule has 0 aliphatic heterocycles. The number of nitrogens with one attached hydrogen (secondary N) is 2. The summed E-state index contributed by atoms with van der Waals surface area (Å²) in [6.07, 6.45) is -1.65. The number of alkyl carbamates (subject to hydrolysis) is 1. The van der Waals surface area contributed by atoms with Crippen LogP contribution in [0.4, 0.5) is 23.7 Å². The predicted molar refractivity (Wildman–Crippen MR) is 187 cm³/mol. The standard InChI is InChI=1S/C35H39F3N8O4.CH2O2/c1-34(2,3)50-33(49)41-20-22-8-12-25(13-9-22)31(47)46(26-16-14-24(15-17-26)30-42-44-45-43-30)32(48)28(39)19-21-6-10-23(11-7-21)27-5-4-18-40-29(27)35(36,37)38;2-1-3/h4-7,10-11,14-18,22,25,28H,8-9,12-13,19-20,39H2,1-3H3,(H,41,49)(H,42,43,44,45);1H,(H,2,3)/t22?,25?,28-;/m0./s1. The molecule has 1 aliphatic carbocycles. The molecule has 2 aromatic heterocycles. The van der Waals surface area contributed by atoms with E-state index in [1.54, 1.807) is 57.2 Å². The highest BCUT2D eigenvalue weighted by atomic mass is 19.4. The van der Waals surface area contributed by atoms with E-state index in [-0.39, 0.29) is 30.3 Å². The van der Waals surface area contributed by atoms with Crippen molar-refractivity contribution in [2.45, 2.75) is 70.7 Å². The third-order valence-corrected chi connectivity index (χ3v) is 8.41. The van der Waals surface area contributed by atoms with E-state index in [0.717, 1.165) is 11.1 Å². The van der Waals surface area contributed by atoms with Gasteiger partial charge in [0.25, 0.3) is 12.4 Å². The lowest BCUT2D eigenvalue weighted by Gasteiger charge is -2.32. The molecule has 53 heavy (non-hydrogen) atoms. The second kappa shape index (κ2) is 17.7. The molecule has 0 unspecified atom stereocenters. The topological polar surface area (TPSA) is 206 Å². The fraction of sp³-hybridized carbons (Fsp3) is 0.389. The first-order chi connectivity index (χ1) is 25.1. The molecule has 5 N–H and O–H groups in total. The number of H-pyrrole nitrogens is 1. The van der Waals surface area contributed by atoms with Crippen molar-refractivity contribution in [2.24, 2.45) is 17.6 Å². The second-order valence-corrected chi connectivity index (χ2v) is 13.4. The Labute approximate surface area is 303 Å². The highest BCUT2D eigenvalue weighted by molar-refractivity contribution is 6.17. The van der Waals surface area contributed by atoms with Crippen molar-refractivity contribution in [1.29, 1.82) is 0 Å². The summed E-state index contributed by atoms with van der Waals surface area (Å²) >= 11 is 0. The van der Waals surface area contributed by atoms with Gasteiger partial charge in [0, 0.05) is 29.8 Å². The first-order valence-corrected chi connectivity index (χ1v) is 16.7. The maximum atomic E-state index is 14.1. The number of carbonyl (C=O) groups excluding carboxylic acids is 3. The molecule has 0 bridgehead atoms. The minimum atomic E-state index is -4.62. The Balaban J connectivity index is 0.00000202. The molecule has 1 saturated carbocycles. The van der Waals surface area contributed by atoms with E-state index < -0.39 is 41.4 Å². The zero-order valence-electron chi connectivity index (χ0n) is 29.3. The molecule has 3 amide bonds. The number of hydrogen-bond donors (Lipinski definition) is 4. The summed E-state index contributed by atoms with van der Waals surface area (Å²) in [5, 5.41) is 23.6. The molecule has 4 aromatic rings. The van der Waals surface area contributed by atoms with Gasteiger partial charge in [-0.2, -0.15) is 18.4 Å². The van der Waals surface area contributed by atoms with Gasteiger partial charge in [-0.15, -0.1) is 10.2 Å². The zero-order valence-corrected chi connectivity index (χ0v) is 29.3. The number of rotatable bonds is 9. The fourth-order valence-electron chi connectivity index (χ4n) is 5.94. The molecular weight excluding hydrogens is 697 g/mol. The Hall–Kier alpha value is -5.71. The number of aromatic amines is 1. The molecule has 2 heterocycles. The van der Waals surface area contributed by atoms with Crippen molar-refractivity contribution < 1.29 is 42.2 Å². The first kappa shape index (κ1) is 40.1. The number of halogens is 3. The van der Waals surface area contributed by atoms with Crippen molar-refractivity contribution in [3.8, 4) is 22.5 Å². The number of carboxylic acid groups (broad SMARTS) is 1. The van der Waals surface area contributed by atoms with E-state index in [1.165, 1.54) is 24.3 Å².